The Morgan fingerprint density at radius 3 is 2.20 bits per heavy atom. The number of benzene rings is 3. The van der Waals surface area contributed by atoms with Crippen molar-refractivity contribution < 1.29 is 22.6 Å². The molecule has 218 valence electrons. The molecule has 2 N–H and O–H groups in total. The summed E-state index contributed by atoms with van der Waals surface area (Å²) in [4.78, 5) is 4.86. The summed E-state index contributed by atoms with van der Waals surface area (Å²) in [5.41, 5.74) is 9.92. The lowest BCUT2D eigenvalue weighted by atomic mass is 10.00. The molecule has 4 aromatic rings. The van der Waals surface area contributed by atoms with Crippen LogP contribution < -0.4 is 15.2 Å². The van der Waals surface area contributed by atoms with Crippen LogP contribution in [-0.2, 0) is 13.1 Å². The number of nitrogens with two attached hydrogens (primary N) is 1. The van der Waals surface area contributed by atoms with Gasteiger partial charge in [0.05, 0.1) is 0 Å². The Kier molecular flexibility index (Phi) is 9.39. The third-order valence-electron chi connectivity index (χ3n) is 7.34. The summed E-state index contributed by atoms with van der Waals surface area (Å²) in [5, 5.41) is 1.81. The van der Waals surface area contributed by atoms with Crippen molar-refractivity contribution in [2.45, 2.75) is 25.9 Å². The molecule has 6 nitrogen and oxygen atoms in total. The van der Waals surface area contributed by atoms with Crippen molar-refractivity contribution in [2.75, 3.05) is 45.9 Å². The molecule has 3 aromatic carbocycles. The van der Waals surface area contributed by atoms with Crippen LogP contribution >= 0.6 is 11.6 Å². The smallest absolute Gasteiger partial charge is 0.492 e. The van der Waals surface area contributed by atoms with E-state index in [2.05, 4.69) is 43.5 Å². The molecular formula is C31H34ClF3N4O2. The lowest BCUT2D eigenvalue weighted by Crippen LogP contribution is -2.47. The molecule has 1 aromatic heterocycles. The lowest BCUT2D eigenvalue weighted by molar-refractivity contribution is -0.274. The molecule has 0 unspecified atom stereocenters. The van der Waals surface area contributed by atoms with Gasteiger partial charge in [0.1, 0.15) is 18.1 Å². The van der Waals surface area contributed by atoms with Crippen LogP contribution in [0.5, 0.6) is 11.5 Å². The molecule has 0 radical (unpaired) electrons. The van der Waals surface area contributed by atoms with Crippen LogP contribution in [0.15, 0.2) is 72.9 Å². The van der Waals surface area contributed by atoms with Gasteiger partial charge in [-0.2, -0.15) is 0 Å². The first kappa shape index (κ1) is 29.3. The maximum atomic E-state index is 12.7. The molecular weight excluding hydrogens is 553 g/mol. The number of ether oxygens (including phenoxy) is 2. The van der Waals surface area contributed by atoms with Crippen molar-refractivity contribution in [3.8, 4) is 22.6 Å². The summed E-state index contributed by atoms with van der Waals surface area (Å²) in [7, 11) is 0. The van der Waals surface area contributed by atoms with Crippen LogP contribution in [0, 0.1) is 0 Å². The highest BCUT2D eigenvalue weighted by Gasteiger charge is 2.31. The first-order valence-electron chi connectivity index (χ1n) is 13.8. The van der Waals surface area contributed by atoms with E-state index in [4.69, 9.17) is 22.1 Å². The fourth-order valence-corrected chi connectivity index (χ4v) is 5.42. The highest BCUT2D eigenvalue weighted by molar-refractivity contribution is 6.30. The highest BCUT2D eigenvalue weighted by Crippen LogP contribution is 2.35. The molecule has 0 aliphatic carbocycles. The van der Waals surface area contributed by atoms with Gasteiger partial charge in [0, 0.05) is 73.5 Å². The van der Waals surface area contributed by atoms with E-state index in [1.165, 1.54) is 17.7 Å². The van der Waals surface area contributed by atoms with Gasteiger partial charge in [0.2, 0.25) is 0 Å². The third-order valence-corrected chi connectivity index (χ3v) is 7.60. The quantitative estimate of drug-likeness (QED) is 0.220. The van der Waals surface area contributed by atoms with Crippen molar-refractivity contribution in [1.29, 1.82) is 0 Å². The molecule has 0 saturated carbocycles. The maximum absolute atomic E-state index is 12.7. The topological polar surface area (TPSA) is 55.9 Å². The number of rotatable bonds is 11. The fourth-order valence-electron chi connectivity index (χ4n) is 5.30. The number of aromatic nitrogens is 1. The van der Waals surface area contributed by atoms with E-state index >= 15 is 0 Å². The first-order valence-corrected chi connectivity index (χ1v) is 14.2. The van der Waals surface area contributed by atoms with Gasteiger partial charge in [-0.15, -0.1) is 13.2 Å². The van der Waals surface area contributed by atoms with Crippen LogP contribution in [0.1, 0.15) is 12.0 Å². The van der Waals surface area contributed by atoms with Crippen molar-refractivity contribution in [2.24, 2.45) is 5.73 Å². The highest BCUT2D eigenvalue weighted by atomic mass is 35.5. The van der Waals surface area contributed by atoms with Gasteiger partial charge in [0.15, 0.2) is 0 Å². The van der Waals surface area contributed by atoms with Gasteiger partial charge in [-0.05, 0) is 66.6 Å². The number of hydrogen-bond acceptors (Lipinski definition) is 5. The Morgan fingerprint density at radius 2 is 1.51 bits per heavy atom. The predicted molar refractivity (Wildman–Crippen MR) is 156 cm³/mol. The van der Waals surface area contributed by atoms with Crippen molar-refractivity contribution >= 4 is 22.5 Å². The summed E-state index contributed by atoms with van der Waals surface area (Å²) in [6.07, 6.45) is -1.81. The van der Waals surface area contributed by atoms with Crippen LogP contribution in [0.2, 0.25) is 5.02 Å². The van der Waals surface area contributed by atoms with E-state index in [-0.39, 0.29) is 5.75 Å². The van der Waals surface area contributed by atoms with Crippen LogP contribution in [0.3, 0.4) is 0 Å². The molecule has 0 bridgehead atoms. The third kappa shape index (κ3) is 7.74. The zero-order valence-corrected chi connectivity index (χ0v) is 23.5. The number of aryl methyl sites for hydroxylation is 1. The first-order chi connectivity index (χ1) is 19.8. The predicted octanol–water partition coefficient (Wildman–Crippen LogP) is 6.41. The van der Waals surface area contributed by atoms with Gasteiger partial charge in [-0.1, -0.05) is 35.9 Å². The Bertz CT molecular complexity index is 1420. The Balaban J connectivity index is 1.28. The largest absolute Gasteiger partial charge is 0.573 e. The summed E-state index contributed by atoms with van der Waals surface area (Å²) in [5.74, 6) is 0.586. The molecule has 0 spiro atoms. The Labute approximate surface area is 243 Å². The summed E-state index contributed by atoms with van der Waals surface area (Å²) >= 11 is 5.94. The minimum atomic E-state index is -4.72. The second-order valence-electron chi connectivity index (χ2n) is 10.2. The fraction of sp³-hybridized carbons (Fsp3) is 0.355. The van der Waals surface area contributed by atoms with E-state index in [9.17, 15) is 13.2 Å². The molecule has 1 aliphatic rings. The van der Waals surface area contributed by atoms with Crippen LogP contribution in [0.25, 0.3) is 22.0 Å². The number of hydrogen-bond donors (Lipinski definition) is 1. The number of nitrogens with zero attached hydrogens (tertiary/aromatic N) is 3. The van der Waals surface area contributed by atoms with Gasteiger partial charge in [-0.3, -0.25) is 9.80 Å². The van der Waals surface area contributed by atoms with Crippen LogP contribution in [-0.4, -0.2) is 66.6 Å². The summed E-state index contributed by atoms with van der Waals surface area (Å²) in [6.45, 7) is 7.37. The molecule has 10 heteroatoms. The molecule has 5 rings (SSSR count). The van der Waals surface area contributed by atoms with Crippen LogP contribution in [0.4, 0.5) is 13.2 Å². The van der Waals surface area contributed by atoms with E-state index in [1.54, 1.807) is 12.1 Å². The molecule has 1 aliphatic heterocycles. The summed E-state index contributed by atoms with van der Waals surface area (Å²) < 4.78 is 50.2. The average Bonchev–Trinajstić information content (AvgIpc) is 3.33. The molecule has 41 heavy (non-hydrogen) atoms. The molecule has 2 heterocycles. The molecule has 1 saturated heterocycles. The minimum Gasteiger partial charge on any atom is -0.492 e. The van der Waals surface area contributed by atoms with Gasteiger partial charge >= 0.3 is 6.36 Å². The minimum absolute atomic E-state index is 0.232. The van der Waals surface area contributed by atoms with Crippen molar-refractivity contribution in [3.63, 3.8) is 0 Å². The van der Waals surface area contributed by atoms with Gasteiger partial charge in [0.25, 0.3) is 0 Å². The second kappa shape index (κ2) is 13.2. The Hall–Kier alpha value is -3.24. The number of fused-ring (bicyclic) bond motifs is 1. The van der Waals surface area contributed by atoms with Gasteiger partial charge < -0.3 is 19.8 Å². The zero-order valence-electron chi connectivity index (χ0n) is 22.7. The maximum Gasteiger partial charge on any atom is 0.573 e. The second-order valence-corrected chi connectivity index (χ2v) is 10.6. The Morgan fingerprint density at radius 1 is 0.829 bits per heavy atom. The number of halogens is 4. The SMILES string of the molecule is NCCCn1cc(-c2ccc(OC(F)(F)F)cc2)c2c(CN3CCN(CCOc4ccc(Cl)cc4)CC3)cccc21. The van der Waals surface area contributed by atoms with E-state index < -0.39 is 6.36 Å². The van der Waals surface area contributed by atoms with Crippen molar-refractivity contribution in [1.82, 2.24) is 14.4 Å². The number of piperazine rings is 1. The molecule has 1 fully saturated rings. The summed E-state index contributed by atoms with van der Waals surface area (Å²) in [6, 6.07) is 19.8. The number of alkyl halides is 3. The van der Waals surface area contributed by atoms with E-state index in [1.807, 2.05) is 24.3 Å². The van der Waals surface area contributed by atoms with E-state index in [0.29, 0.717) is 18.2 Å². The standard InChI is InChI=1S/C31H34ClF3N4O2/c32-25-7-11-26(12-8-25)40-20-19-37-15-17-38(18-16-37)21-24-3-1-4-29-30(24)28(22-39(29)14-2-13-36)23-5-9-27(10-6-23)41-31(33,34)35/h1,3-12,22H,2,13-21,36H2. The lowest BCUT2D eigenvalue weighted by Gasteiger charge is -2.34. The normalized spacial score (nSPS) is 15.0. The van der Waals surface area contributed by atoms with E-state index in [0.717, 1.165) is 80.0 Å². The van der Waals surface area contributed by atoms with Gasteiger partial charge in [-0.25, -0.2) is 0 Å². The monoisotopic (exact) mass is 586 g/mol. The average molecular weight is 587 g/mol. The zero-order chi connectivity index (χ0) is 28.8. The molecule has 0 amide bonds. The molecule has 0 atom stereocenters. The van der Waals surface area contributed by atoms with Crippen molar-refractivity contribution in [3.05, 3.63) is 83.5 Å².